The van der Waals surface area contributed by atoms with Gasteiger partial charge in [-0.15, -0.1) is 0 Å². The summed E-state index contributed by atoms with van der Waals surface area (Å²) in [5.41, 5.74) is 0. The van der Waals surface area contributed by atoms with Crippen LogP contribution in [0.4, 0.5) is 8.78 Å². The van der Waals surface area contributed by atoms with E-state index >= 15 is 0 Å². The van der Waals surface area contributed by atoms with Crippen LogP contribution in [0.1, 0.15) is 24.9 Å². The van der Waals surface area contributed by atoms with Gasteiger partial charge >= 0.3 is 0 Å². The third kappa shape index (κ3) is 5.52. The van der Waals surface area contributed by atoms with Gasteiger partial charge in [-0.25, -0.2) is 0 Å². The Morgan fingerprint density at radius 1 is 1.41 bits per heavy atom. The molecule has 1 aromatic heterocycles. The van der Waals surface area contributed by atoms with E-state index in [4.69, 9.17) is 9.52 Å². The second kappa shape index (κ2) is 7.68. The fraction of sp³-hybridized carbons (Fsp3) is 0.636. The number of aliphatic hydroxyl groups is 1. The molecule has 1 rings (SSSR count). The van der Waals surface area contributed by atoms with Crippen LogP contribution in [0.5, 0.6) is 0 Å². The molecule has 17 heavy (non-hydrogen) atoms. The Morgan fingerprint density at radius 2 is 2.12 bits per heavy atom. The van der Waals surface area contributed by atoms with Crippen LogP contribution in [-0.4, -0.2) is 23.5 Å². The zero-order valence-electron chi connectivity index (χ0n) is 9.66. The van der Waals surface area contributed by atoms with E-state index in [9.17, 15) is 8.78 Å². The van der Waals surface area contributed by atoms with Crippen molar-refractivity contribution in [3.8, 4) is 0 Å². The Kier molecular flexibility index (Phi) is 6.54. The normalized spacial score (nSPS) is 13.2. The van der Waals surface area contributed by atoms with Gasteiger partial charge in [0, 0.05) is 6.04 Å². The molecule has 0 fully saturated rings. The molecule has 1 atom stereocenters. The Morgan fingerprint density at radius 3 is 2.71 bits per heavy atom. The van der Waals surface area contributed by atoms with E-state index < -0.39 is 5.76 Å². The highest BCUT2D eigenvalue weighted by molar-refractivity contribution is 7.98. The molecule has 98 valence electrons. The summed E-state index contributed by atoms with van der Waals surface area (Å²) in [6.45, 7) is 2.55. The fourth-order valence-electron chi connectivity index (χ4n) is 1.32. The summed E-state index contributed by atoms with van der Waals surface area (Å²) in [5.74, 6) is -0.957. The van der Waals surface area contributed by atoms with E-state index in [0.717, 1.165) is 6.42 Å². The molecule has 2 N–H and O–H groups in total. The van der Waals surface area contributed by atoms with Crippen molar-refractivity contribution in [3.63, 3.8) is 0 Å². The average Bonchev–Trinajstić information content (AvgIpc) is 2.76. The number of rotatable bonds is 8. The lowest BCUT2D eigenvalue weighted by Crippen LogP contribution is -2.30. The Labute approximate surface area is 104 Å². The Bertz CT molecular complexity index is 316. The van der Waals surface area contributed by atoms with Crippen molar-refractivity contribution in [2.45, 2.75) is 37.4 Å². The highest BCUT2D eigenvalue weighted by Crippen LogP contribution is 2.21. The third-order valence-electron chi connectivity index (χ3n) is 2.35. The van der Waals surface area contributed by atoms with Crippen LogP contribution >= 0.6 is 11.8 Å². The van der Waals surface area contributed by atoms with Gasteiger partial charge in [-0.2, -0.15) is 8.78 Å². The molecular weight excluding hydrogens is 248 g/mol. The molecule has 6 heteroatoms. The molecule has 0 saturated carbocycles. The van der Waals surface area contributed by atoms with Crippen LogP contribution in [0.25, 0.3) is 0 Å². The number of halogens is 2. The number of furan rings is 1. The Balaban J connectivity index is 2.35. The second-order valence-electron chi connectivity index (χ2n) is 3.61. The van der Waals surface area contributed by atoms with Gasteiger partial charge in [0.15, 0.2) is 0 Å². The number of thioether (sulfide) groups is 1. The monoisotopic (exact) mass is 265 g/mol. The number of hydrogen-bond donors (Lipinski definition) is 2. The van der Waals surface area contributed by atoms with Crippen molar-refractivity contribution in [2.75, 3.05) is 6.61 Å². The van der Waals surface area contributed by atoms with Gasteiger partial charge in [0.2, 0.25) is 0 Å². The molecule has 0 aliphatic heterocycles. The van der Waals surface area contributed by atoms with Crippen LogP contribution in [0.3, 0.4) is 0 Å². The van der Waals surface area contributed by atoms with Crippen LogP contribution in [0.2, 0.25) is 0 Å². The number of nitrogens with one attached hydrogen (secondary N) is 1. The van der Waals surface area contributed by atoms with Gasteiger partial charge in [-0.1, -0.05) is 18.7 Å². The van der Waals surface area contributed by atoms with E-state index in [1.165, 1.54) is 0 Å². The predicted molar refractivity (Wildman–Crippen MR) is 64.0 cm³/mol. The standard InChI is InChI=1S/C11H17F2NO2S/c1-2-8(6-15)14-5-9-3-4-10(16-9)7-17-11(12)13/h3-4,8,11,14-15H,2,5-7H2,1H3. The van der Waals surface area contributed by atoms with Crippen molar-refractivity contribution in [2.24, 2.45) is 0 Å². The summed E-state index contributed by atoms with van der Waals surface area (Å²) in [5, 5.41) is 12.1. The summed E-state index contributed by atoms with van der Waals surface area (Å²) in [7, 11) is 0. The van der Waals surface area contributed by atoms with Gasteiger partial charge in [-0.05, 0) is 18.6 Å². The summed E-state index contributed by atoms with van der Waals surface area (Å²) in [6, 6.07) is 3.50. The first-order valence-corrected chi connectivity index (χ1v) is 6.52. The molecule has 1 heterocycles. The molecule has 0 spiro atoms. The van der Waals surface area contributed by atoms with E-state index in [1.54, 1.807) is 12.1 Å². The SMILES string of the molecule is CCC(CO)NCc1ccc(CSC(F)F)o1. The summed E-state index contributed by atoms with van der Waals surface area (Å²) in [4.78, 5) is 0. The lowest BCUT2D eigenvalue weighted by Gasteiger charge is -2.12. The maximum atomic E-state index is 12.0. The highest BCUT2D eigenvalue weighted by Gasteiger charge is 2.08. The van der Waals surface area contributed by atoms with Gasteiger partial charge in [-0.3, -0.25) is 0 Å². The van der Waals surface area contributed by atoms with Crippen molar-refractivity contribution in [3.05, 3.63) is 23.7 Å². The summed E-state index contributed by atoms with van der Waals surface area (Å²) >= 11 is 0.544. The lowest BCUT2D eigenvalue weighted by atomic mass is 10.2. The van der Waals surface area contributed by atoms with Crippen LogP contribution in [-0.2, 0) is 12.3 Å². The van der Waals surface area contributed by atoms with Gasteiger partial charge in [0.1, 0.15) is 11.5 Å². The van der Waals surface area contributed by atoms with Gasteiger partial charge < -0.3 is 14.8 Å². The molecule has 1 unspecified atom stereocenters. The summed E-state index contributed by atoms with van der Waals surface area (Å²) in [6.07, 6.45) is 0.825. The van der Waals surface area contributed by atoms with Crippen molar-refractivity contribution in [1.29, 1.82) is 0 Å². The minimum absolute atomic E-state index is 0.0407. The minimum Gasteiger partial charge on any atom is -0.464 e. The molecule has 0 bridgehead atoms. The zero-order chi connectivity index (χ0) is 12.7. The molecule has 1 aromatic rings. The number of aliphatic hydroxyl groups excluding tert-OH is 1. The second-order valence-corrected chi connectivity index (χ2v) is 4.59. The van der Waals surface area contributed by atoms with Crippen molar-refractivity contribution < 1.29 is 18.3 Å². The molecule has 3 nitrogen and oxygen atoms in total. The van der Waals surface area contributed by atoms with Crippen molar-refractivity contribution in [1.82, 2.24) is 5.32 Å². The van der Waals surface area contributed by atoms with Crippen molar-refractivity contribution >= 4 is 11.8 Å². The first-order valence-electron chi connectivity index (χ1n) is 5.47. The van der Waals surface area contributed by atoms with Gasteiger partial charge in [0.05, 0.1) is 18.9 Å². The Hall–Kier alpha value is -0.590. The maximum Gasteiger partial charge on any atom is 0.284 e. The molecule has 0 aromatic carbocycles. The minimum atomic E-state index is -2.37. The number of alkyl halides is 2. The van der Waals surface area contributed by atoms with Crippen LogP contribution in [0, 0.1) is 0 Å². The molecular formula is C11H17F2NO2S. The maximum absolute atomic E-state index is 12.0. The molecule has 0 amide bonds. The quantitative estimate of drug-likeness (QED) is 0.758. The van der Waals surface area contributed by atoms with Crippen LogP contribution < -0.4 is 5.32 Å². The first-order chi connectivity index (χ1) is 8.15. The third-order valence-corrected chi connectivity index (χ3v) is 3.05. The zero-order valence-corrected chi connectivity index (χ0v) is 10.5. The largest absolute Gasteiger partial charge is 0.464 e. The number of hydrogen-bond acceptors (Lipinski definition) is 4. The molecule has 0 saturated heterocycles. The lowest BCUT2D eigenvalue weighted by molar-refractivity contribution is 0.235. The predicted octanol–water partition coefficient (Wildman–Crippen LogP) is 2.60. The van der Waals surface area contributed by atoms with E-state index in [-0.39, 0.29) is 18.4 Å². The summed E-state index contributed by atoms with van der Waals surface area (Å²) < 4.78 is 29.3. The highest BCUT2D eigenvalue weighted by atomic mass is 32.2. The van der Waals surface area contributed by atoms with Crippen LogP contribution in [0.15, 0.2) is 16.5 Å². The topological polar surface area (TPSA) is 45.4 Å². The molecule has 0 aliphatic carbocycles. The van der Waals surface area contributed by atoms with E-state index in [0.29, 0.717) is 29.8 Å². The van der Waals surface area contributed by atoms with E-state index in [1.807, 2.05) is 6.92 Å². The molecule has 0 aliphatic rings. The molecule has 0 radical (unpaired) electrons. The fourth-order valence-corrected chi connectivity index (χ4v) is 1.77. The van der Waals surface area contributed by atoms with Gasteiger partial charge in [0.25, 0.3) is 5.76 Å². The van der Waals surface area contributed by atoms with E-state index in [2.05, 4.69) is 5.32 Å². The first kappa shape index (κ1) is 14.5. The smallest absolute Gasteiger partial charge is 0.284 e. The average molecular weight is 265 g/mol.